The molecule has 0 saturated heterocycles. The van der Waals surface area contributed by atoms with Gasteiger partial charge in [-0.2, -0.15) is 0 Å². The molecule has 3 rings (SSSR count). The number of furan rings is 1. The number of hydrogen-bond donors (Lipinski definition) is 1. The Hall–Kier alpha value is -2.35. The maximum absolute atomic E-state index is 12.5. The molecular formula is C15H17N3O4S. The van der Waals surface area contributed by atoms with E-state index < -0.39 is 10.0 Å². The minimum absolute atomic E-state index is 0.0510. The summed E-state index contributed by atoms with van der Waals surface area (Å²) in [5, 5.41) is 2.84. The van der Waals surface area contributed by atoms with E-state index in [9.17, 15) is 13.2 Å². The first-order chi connectivity index (χ1) is 10.9. The second kappa shape index (κ2) is 6.04. The van der Waals surface area contributed by atoms with Crippen LogP contribution in [0, 0.1) is 0 Å². The van der Waals surface area contributed by atoms with Crippen LogP contribution in [-0.4, -0.2) is 43.4 Å². The fourth-order valence-corrected chi connectivity index (χ4v) is 3.46. The summed E-state index contributed by atoms with van der Waals surface area (Å²) in [7, 11) is -3.51. The molecule has 0 bridgehead atoms. The Balaban J connectivity index is 1.74. The van der Waals surface area contributed by atoms with Gasteiger partial charge in [-0.1, -0.05) is 0 Å². The van der Waals surface area contributed by atoms with Crippen LogP contribution in [0.25, 0.3) is 0 Å². The second-order valence-electron chi connectivity index (χ2n) is 5.47. The number of carbonyl (C=O) groups excluding carboxylic acids is 1. The van der Waals surface area contributed by atoms with Crippen LogP contribution in [-0.2, 0) is 21.2 Å². The van der Waals surface area contributed by atoms with Crippen molar-refractivity contribution in [2.75, 3.05) is 12.3 Å². The van der Waals surface area contributed by atoms with Gasteiger partial charge in [0.1, 0.15) is 5.76 Å². The molecule has 0 aliphatic carbocycles. The third kappa shape index (κ3) is 3.53. The van der Waals surface area contributed by atoms with Crippen LogP contribution in [0.15, 0.2) is 51.1 Å². The van der Waals surface area contributed by atoms with Crippen molar-refractivity contribution < 1.29 is 17.6 Å². The van der Waals surface area contributed by atoms with Crippen molar-refractivity contribution in [1.29, 1.82) is 0 Å². The molecule has 1 amide bonds. The fourth-order valence-electron chi connectivity index (χ4n) is 2.48. The molecule has 2 aliphatic heterocycles. The molecule has 0 saturated carbocycles. The van der Waals surface area contributed by atoms with Crippen molar-refractivity contribution >= 4 is 21.8 Å². The van der Waals surface area contributed by atoms with Crippen LogP contribution in [0.3, 0.4) is 0 Å². The first-order valence-corrected chi connectivity index (χ1v) is 8.87. The van der Waals surface area contributed by atoms with Gasteiger partial charge in [0, 0.05) is 25.2 Å². The lowest BCUT2D eigenvalue weighted by atomic mass is 10.1. The molecule has 0 radical (unpaired) electrons. The van der Waals surface area contributed by atoms with Gasteiger partial charge in [-0.25, -0.2) is 8.42 Å². The van der Waals surface area contributed by atoms with Gasteiger partial charge in [0.05, 0.1) is 17.6 Å². The number of amides is 1. The SMILES string of the molecule is C[C@H](Cc1ccco1)NC(=O)C1=CC=CN2CCS(=O)(=O)N=C12. The van der Waals surface area contributed by atoms with Crippen LogP contribution in [0.5, 0.6) is 0 Å². The quantitative estimate of drug-likeness (QED) is 0.880. The maximum Gasteiger partial charge on any atom is 0.256 e. The van der Waals surface area contributed by atoms with Crippen LogP contribution >= 0.6 is 0 Å². The lowest BCUT2D eigenvalue weighted by Gasteiger charge is -2.29. The summed E-state index contributed by atoms with van der Waals surface area (Å²) < 4.78 is 32.4. The molecule has 0 spiro atoms. The Morgan fingerprint density at radius 2 is 2.35 bits per heavy atom. The Labute approximate surface area is 134 Å². The normalized spacial score (nSPS) is 20.3. The topological polar surface area (TPSA) is 92.0 Å². The van der Waals surface area contributed by atoms with E-state index in [2.05, 4.69) is 9.71 Å². The van der Waals surface area contributed by atoms with Crippen molar-refractivity contribution in [3.63, 3.8) is 0 Å². The first kappa shape index (κ1) is 15.5. The van der Waals surface area contributed by atoms with Crippen LogP contribution < -0.4 is 5.32 Å². The molecule has 23 heavy (non-hydrogen) atoms. The summed E-state index contributed by atoms with van der Waals surface area (Å²) >= 11 is 0. The number of sulfonamides is 1. The summed E-state index contributed by atoms with van der Waals surface area (Å²) in [6.45, 7) is 2.15. The summed E-state index contributed by atoms with van der Waals surface area (Å²) in [6.07, 6.45) is 7.14. The molecule has 2 aliphatic rings. The highest BCUT2D eigenvalue weighted by Gasteiger charge is 2.30. The largest absolute Gasteiger partial charge is 0.469 e. The highest BCUT2D eigenvalue weighted by molar-refractivity contribution is 7.90. The Morgan fingerprint density at radius 3 is 3.09 bits per heavy atom. The van der Waals surface area contributed by atoms with Crippen molar-refractivity contribution in [3.05, 3.63) is 48.1 Å². The van der Waals surface area contributed by atoms with E-state index in [0.29, 0.717) is 13.0 Å². The molecule has 1 aromatic heterocycles. The predicted octanol–water partition coefficient (Wildman–Crippen LogP) is 0.824. The van der Waals surface area contributed by atoms with Gasteiger partial charge in [-0.3, -0.25) is 4.79 Å². The molecule has 1 atom stereocenters. The third-order valence-electron chi connectivity index (χ3n) is 3.57. The van der Waals surface area contributed by atoms with Crippen molar-refractivity contribution in [3.8, 4) is 0 Å². The predicted molar refractivity (Wildman–Crippen MR) is 85.2 cm³/mol. The number of hydrogen-bond acceptors (Lipinski definition) is 5. The average molecular weight is 335 g/mol. The van der Waals surface area contributed by atoms with Gasteiger partial charge >= 0.3 is 0 Å². The summed E-state index contributed by atoms with van der Waals surface area (Å²) in [5.41, 5.74) is 0.252. The summed E-state index contributed by atoms with van der Waals surface area (Å²) in [5.74, 6) is 0.551. The van der Waals surface area contributed by atoms with Crippen LogP contribution in [0.1, 0.15) is 12.7 Å². The van der Waals surface area contributed by atoms with E-state index in [0.717, 1.165) is 5.76 Å². The highest BCUT2D eigenvalue weighted by Crippen LogP contribution is 2.18. The van der Waals surface area contributed by atoms with Gasteiger partial charge in [-0.15, -0.1) is 4.40 Å². The average Bonchev–Trinajstić information content (AvgIpc) is 2.98. The Morgan fingerprint density at radius 1 is 1.52 bits per heavy atom. The van der Waals surface area contributed by atoms with Gasteiger partial charge in [0.2, 0.25) is 0 Å². The molecule has 0 aromatic carbocycles. The molecule has 7 nitrogen and oxygen atoms in total. The number of allylic oxidation sites excluding steroid dienone is 2. The molecule has 3 heterocycles. The monoisotopic (exact) mass is 335 g/mol. The van der Waals surface area contributed by atoms with E-state index in [-0.39, 0.29) is 29.1 Å². The van der Waals surface area contributed by atoms with Gasteiger partial charge in [-0.05, 0) is 31.2 Å². The number of nitrogens with zero attached hydrogens (tertiary/aromatic N) is 2. The fraction of sp³-hybridized carbons (Fsp3) is 0.333. The Kier molecular flexibility index (Phi) is 4.08. The minimum atomic E-state index is -3.51. The first-order valence-electron chi connectivity index (χ1n) is 7.26. The Bertz CT molecular complexity index is 791. The van der Waals surface area contributed by atoms with E-state index in [1.54, 1.807) is 35.6 Å². The standard InChI is InChI=1S/C15H17N3O4S/c1-11(10-12-4-3-8-22-12)16-15(19)13-5-2-6-18-7-9-23(20,21)17-14(13)18/h2-6,8,11H,7,9-10H2,1H3,(H,16,19)/t11-/m1/s1. The van der Waals surface area contributed by atoms with Crippen molar-refractivity contribution in [1.82, 2.24) is 10.2 Å². The van der Waals surface area contributed by atoms with Gasteiger partial charge in [0.15, 0.2) is 5.84 Å². The zero-order valence-electron chi connectivity index (χ0n) is 12.6. The second-order valence-corrected chi connectivity index (χ2v) is 7.23. The van der Waals surface area contributed by atoms with Crippen LogP contribution in [0.4, 0.5) is 0 Å². The number of fused-ring (bicyclic) bond motifs is 1. The van der Waals surface area contributed by atoms with Crippen LogP contribution in [0.2, 0.25) is 0 Å². The van der Waals surface area contributed by atoms with E-state index in [4.69, 9.17) is 4.42 Å². The maximum atomic E-state index is 12.5. The number of rotatable bonds is 4. The highest BCUT2D eigenvalue weighted by atomic mass is 32.2. The number of amidine groups is 1. The molecule has 0 unspecified atom stereocenters. The molecule has 122 valence electrons. The molecular weight excluding hydrogens is 318 g/mol. The van der Waals surface area contributed by atoms with Gasteiger partial charge in [0.25, 0.3) is 15.9 Å². The lowest BCUT2D eigenvalue weighted by Crippen LogP contribution is -2.44. The zero-order chi connectivity index (χ0) is 16.4. The van der Waals surface area contributed by atoms with Crippen molar-refractivity contribution in [2.45, 2.75) is 19.4 Å². The molecule has 8 heteroatoms. The lowest BCUT2D eigenvalue weighted by molar-refractivity contribution is -0.117. The van der Waals surface area contributed by atoms with E-state index >= 15 is 0 Å². The van der Waals surface area contributed by atoms with E-state index in [1.807, 2.05) is 13.0 Å². The number of carbonyl (C=O) groups is 1. The smallest absolute Gasteiger partial charge is 0.256 e. The molecule has 1 N–H and O–H groups in total. The summed E-state index contributed by atoms with van der Waals surface area (Å²) in [4.78, 5) is 14.1. The molecule has 0 fully saturated rings. The van der Waals surface area contributed by atoms with Crippen molar-refractivity contribution in [2.24, 2.45) is 4.40 Å². The minimum Gasteiger partial charge on any atom is -0.469 e. The van der Waals surface area contributed by atoms with E-state index in [1.165, 1.54) is 0 Å². The zero-order valence-corrected chi connectivity index (χ0v) is 13.4. The van der Waals surface area contributed by atoms with Gasteiger partial charge < -0.3 is 14.6 Å². The number of nitrogens with one attached hydrogen (secondary N) is 1. The summed E-state index contributed by atoms with van der Waals surface area (Å²) in [6, 6.07) is 3.47. The third-order valence-corrected chi connectivity index (χ3v) is 4.72. The molecule has 1 aromatic rings.